The maximum absolute atomic E-state index is 12.2. The van der Waals surface area contributed by atoms with Crippen LogP contribution in [0.1, 0.15) is 121 Å². The van der Waals surface area contributed by atoms with Crippen LogP contribution in [0.4, 0.5) is 0 Å². The van der Waals surface area contributed by atoms with Gasteiger partial charge < -0.3 is 5.11 Å². The Kier molecular flexibility index (Phi) is 12.0. The largest absolute Gasteiger partial charge is 0.388 e. The molecule has 0 spiro atoms. The molecule has 0 bridgehead atoms. The van der Waals surface area contributed by atoms with Gasteiger partial charge in [-0.3, -0.25) is 14.4 Å². The molecule has 2 fully saturated rings. The van der Waals surface area contributed by atoms with Crippen LogP contribution in [-0.4, -0.2) is 28.6 Å². The maximum atomic E-state index is 12.2. The summed E-state index contributed by atoms with van der Waals surface area (Å²) in [7, 11) is 0. The summed E-state index contributed by atoms with van der Waals surface area (Å²) in [6, 6.07) is 0. The fraction of sp³-hybridized carbons (Fsp3) is 0.625. The molecule has 0 radical (unpaired) electrons. The van der Waals surface area contributed by atoms with Crippen molar-refractivity contribution in [2.75, 3.05) is 0 Å². The van der Waals surface area contributed by atoms with Crippen molar-refractivity contribution in [3.8, 4) is 0 Å². The number of aliphatic hydroxyl groups excluding tert-OH is 1. The minimum Gasteiger partial charge on any atom is -0.388 e. The van der Waals surface area contributed by atoms with Gasteiger partial charge in [-0.1, -0.05) is 75.3 Å². The topological polar surface area (TPSA) is 71.4 Å². The van der Waals surface area contributed by atoms with Gasteiger partial charge in [0.2, 0.25) is 0 Å². The van der Waals surface area contributed by atoms with E-state index in [1.165, 1.54) is 17.6 Å². The monoisotopic (exact) mass is 602 g/mol. The number of aliphatic hydroxyl groups is 1. The molecule has 5 unspecified atom stereocenters. The van der Waals surface area contributed by atoms with E-state index in [2.05, 4.69) is 65.8 Å². The lowest BCUT2D eigenvalue weighted by Gasteiger charge is -2.10. The van der Waals surface area contributed by atoms with Gasteiger partial charge in [-0.2, -0.15) is 0 Å². The van der Waals surface area contributed by atoms with Crippen molar-refractivity contribution in [3.05, 3.63) is 69.9 Å². The lowest BCUT2D eigenvalue weighted by Crippen LogP contribution is -2.09. The predicted octanol–water partition coefficient (Wildman–Crippen LogP) is 9.41. The Bertz CT molecular complexity index is 1310. The van der Waals surface area contributed by atoms with Crippen molar-refractivity contribution >= 4 is 17.3 Å². The number of allylic oxidation sites excluding steroid dienone is 10. The highest BCUT2D eigenvalue weighted by atomic mass is 16.3. The first-order valence-corrected chi connectivity index (χ1v) is 16.8. The lowest BCUT2D eigenvalue weighted by atomic mass is 10.00. The second-order valence-corrected chi connectivity index (χ2v) is 15.3. The molecule has 4 aliphatic rings. The van der Waals surface area contributed by atoms with Gasteiger partial charge in [0.15, 0.2) is 17.3 Å². The zero-order valence-corrected chi connectivity index (χ0v) is 29.2. The van der Waals surface area contributed by atoms with Gasteiger partial charge in [0.05, 0.1) is 6.10 Å². The van der Waals surface area contributed by atoms with E-state index < -0.39 is 6.10 Å². The number of rotatable bonds is 0. The third-order valence-corrected chi connectivity index (χ3v) is 11.2. The van der Waals surface area contributed by atoms with E-state index in [1.807, 2.05) is 33.8 Å². The summed E-state index contributed by atoms with van der Waals surface area (Å²) in [6.45, 7) is 21.1. The minimum absolute atomic E-state index is 0.121. The van der Waals surface area contributed by atoms with Crippen LogP contribution in [0.5, 0.6) is 0 Å². The highest BCUT2D eigenvalue weighted by Crippen LogP contribution is 2.62. The summed E-state index contributed by atoms with van der Waals surface area (Å²) < 4.78 is 0. The third kappa shape index (κ3) is 9.22. The van der Waals surface area contributed by atoms with Crippen molar-refractivity contribution in [2.24, 2.45) is 34.5 Å². The summed E-state index contributed by atoms with van der Waals surface area (Å²) >= 11 is 0. The number of hydrogen-bond acceptors (Lipinski definition) is 4. The molecular formula is C40H58O4. The second-order valence-electron chi connectivity index (χ2n) is 15.3. The van der Waals surface area contributed by atoms with Gasteiger partial charge in [-0.05, 0) is 130 Å². The molecule has 4 rings (SSSR count). The summed E-state index contributed by atoms with van der Waals surface area (Å²) in [5.74, 6) is 2.84. The molecule has 0 saturated heterocycles. The summed E-state index contributed by atoms with van der Waals surface area (Å²) in [6.07, 6.45) is 18.0. The highest BCUT2D eigenvalue weighted by molar-refractivity contribution is 5.99. The highest BCUT2D eigenvalue weighted by Gasteiger charge is 2.56. The third-order valence-electron chi connectivity index (χ3n) is 11.2. The molecule has 0 heterocycles. The van der Waals surface area contributed by atoms with E-state index in [-0.39, 0.29) is 17.3 Å². The van der Waals surface area contributed by atoms with Gasteiger partial charge in [-0.15, -0.1) is 0 Å². The van der Waals surface area contributed by atoms with Crippen LogP contribution in [0.25, 0.3) is 0 Å². The normalized spacial score (nSPS) is 38.5. The van der Waals surface area contributed by atoms with E-state index in [4.69, 9.17) is 0 Å². The quantitative estimate of drug-likeness (QED) is 0.280. The molecule has 0 amide bonds. The van der Waals surface area contributed by atoms with Crippen molar-refractivity contribution < 1.29 is 19.5 Å². The van der Waals surface area contributed by atoms with Crippen LogP contribution >= 0.6 is 0 Å². The Morgan fingerprint density at radius 1 is 0.591 bits per heavy atom. The van der Waals surface area contributed by atoms with E-state index >= 15 is 0 Å². The van der Waals surface area contributed by atoms with Crippen LogP contribution in [-0.2, 0) is 14.4 Å². The molecule has 0 aromatic rings. The minimum atomic E-state index is -0.472. The number of fused-ring (bicyclic) bond motifs is 2. The van der Waals surface area contributed by atoms with Crippen molar-refractivity contribution in [1.82, 2.24) is 0 Å². The fourth-order valence-corrected chi connectivity index (χ4v) is 7.03. The maximum Gasteiger partial charge on any atom is 0.162 e. The molecule has 4 aliphatic carbocycles. The standard InChI is InChI=1S/C20H30O2.C20H28O2/c2*1-13-6-9-16-17(20(16,4)5)12-15(3)19(22)11-8-14(2)18(21)10-7-13/h7-8,12,16-17,19,22H,6,9-11H2,1-5H3;7-8,12,16-17H,6,9-11H2,1-5H3/b2*13-7-,14-8-,15-12-. The second kappa shape index (κ2) is 14.7. The van der Waals surface area contributed by atoms with Gasteiger partial charge in [0.25, 0.3) is 0 Å². The van der Waals surface area contributed by atoms with Crippen molar-refractivity contribution in [3.63, 3.8) is 0 Å². The molecule has 4 heteroatoms. The molecule has 2 saturated carbocycles. The number of carbonyl (C=O) groups is 3. The average Bonchev–Trinajstić information content (AvgIpc) is 3.71. The molecule has 0 aromatic carbocycles. The Hall–Kier alpha value is -2.59. The molecule has 242 valence electrons. The lowest BCUT2D eigenvalue weighted by molar-refractivity contribution is -0.115. The Balaban J connectivity index is 0.000000240. The summed E-state index contributed by atoms with van der Waals surface area (Å²) in [4.78, 5) is 36.4. The number of hydrogen-bond donors (Lipinski definition) is 1. The first kappa shape index (κ1) is 35.9. The average molecular weight is 603 g/mol. The summed E-state index contributed by atoms with van der Waals surface area (Å²) in [5, 5.41) is 10.3. The summed E-state index contributed by atoms with van der Waals surface area (Å²) in [5.41, 5.74) is 6.61. The van der Waals surface area contributed by atoms with Gasteiger partial charge in [-0.25, -0.2) is 0 Å². The molecule has 5 atom stereocenters. The van der Waals surface area contributed by atoms with Gasteiger partial charge >= 0.3 is 0 Å². The molecule has 44 heavy (non-hydrogen) atoms. The van der Waals surface area contributed by atoms with Crippen LogP contribution in [0.2, 0.25) is 0 Å². The molecule has 1 N–H and O–H groups in total. The zero-order valence-electron chi connectivity index (χ0n) is 29.2. The fourth-order valence-electron chi connectivity index (χ4n) is 7.03. The van der Waals surface area contributed by atoms with Crippen molar-refractivity contribution in [1.29, 1.82) is 0 Å². The smallest absolute Gasteiger partial charge is 0.162 e. The first-order valence-electron chi connectivity index (χ1n) is 16.8. The molecule has 0 aliphatic heterocycles. The SMILES string of the molecule is C/C1=C/CC(=O)/C(C)=C\CC(=O)/C(C)=C\C2C(CC1)C2(C)C.C/C1=C/CC(=O)/C(C)=C\CC(O)/C(C)=C\C2C(CC1)C2(C)C. The zero-order chi connectivity index (χ0) is 33.0. The Morgan fingerprint density at radius 2 is 1.00 bits per heavy atom. The Labute approximate surface area is 267 Å². The Morgan fingerprint density at radius 3 is 1.50 bits per heavy atom. The van der Waals surface area contributed by atoms with E-state index in [9.17, 15) is 19.5 Å². The van der Waals surface area contributed by atoms with Gasteiger partial charge in [0.1, 0.15) is 0 Å². The molecule has 4 nitrogen and oxygen atoms in total. The van der Waals surface area contributed by atoms with Gasteiger partial charge in [0, 0.05) is 19.3 Å². The van der Waals surface area contributed by atoms with Crippen molar-refractivity contribution in [2.45, 2.75) is 127 Å². The number of ketones is 3. The number of carbonyl (C=O) groups excluding carboxylic acids is 3. The molecular weight excluding hydrogens is 544 g/mol. The first-order chi connectivity index (χ1) is 20.5. The van der Waals surface area contributed by atoms with E-state index in [0.717, 1.165) is 36.0 Å². The van der Waals surface area contributed by atoms with E-state index in [1.54, 1.807) is 6.08 Å². The van der Waals surface area contributed by atoms with Crippen LogP contribution in [0, 0.1) is 34.5 Å². The number of Topliss-reactive ketones (excluding diaryl/α,β-unsaturated/α-hetero) is 3. The molecule has 0 aromatic heterocycles. The van der Waals surface area contributed by atoms with Crippen LogP contribution < -0.4 is 0 Å². The van der Waals surface area contributed by atoms with Crippen LogP contribution in [0.3, 0.4) is 0 Å². The predicted molar refractivity (Wildman–Crippen MR) is 182 cm³/mol. The van der Waals surface area contributed by atoms with E-state index in [0.29, 0.717) is 65.8 Å². The van der Waals surface area contributed by atoms with Crippen LogP contribution in [0.15, 0.2) is 69.9 Å².